The molecule has 0 unspecified atom stereocenters. The number of hydrogen-bond donors (Lipinski definition) is 0. The topological polar surface area (TPSA) is 65.7 Å². The molecule has 112 valence electrons. The molecule has 7 heteroatoms. The van der Waals surface area contributed by atoms with Crippen molar-refractivity contribution >= 4 is 29.2 Å². The first-order valence-corrected chi connectivity index (χ1v) is 7.67. The van der Waals surface area contributed by atoms with Crippen LogP contribution in [0.1, 0.15) is 18.4 Å². The molecule has 1 aromatic carbocycles. The minimum absolute atomic E-state index is 0.0789. The lowest BCUT2D eigenvalue weighted by Gasteiger charge is -2.37. The van der Waals surface area contributed by atoms with Crippen molar-refractivity contribution in [3.63, 3.8) is 0 Å². The van der Waals surface area contributed by atoms with E-state index in [4.69, 9.17) is 23.2 Å². The van der Waals surface area contributed by atoms with E-state index in [2.05, 4.69) is 21.0 Å². The van der Waals surface area contributed by atoms with Crippen molar-refractivity contribution in [1.29, 1.82) is 5.26 Å². The minimum Gasteiger partial charge on any atom is -0.341 e. The summed E-state index contributed by atoms with van der Waals surface area (Å²) in [7, 11) is 0. The van der Waals surface area contributed by atoms with E-state index in [1.54, 1.807) is 0 Å². The third-order valence-electron chi connectivity index (χ3n) is 4.01. The molecule has 0 spiro atoms. The predicted octanol–water partition coefficient (Wildman–Crippen LogP) is 3.24. The second kappa shape index (κ2) is 6.07. The summed E-state index contributed by atoms with van der Waals surface area (Å²) in [5.74, 6) is 0.463. The van der Waals surface area contributed by atoms with Gasteiger partial charge in [-0.25, -0.2) is 0 Å². The van der Waals surface area contributed by atoms with Gasteiger partial charge in [0.2, 0.25) is 16.5 Å². The molecule has 0 bridgehead atoms. The summed E-state index contributed by atoms with van der Waals surface area (Å²) in [4.78, 5) is 13.9. The van der Waals surface area contributed by atoms with E-state index in [1.165, 1.54) is 0 Å². The summed E-state index contributed by atoms with van der Waals surface area (Å²) in [6.07, 6.45) is 1.41. The standard InChI is InChI=1S/C15H13Cl2N5/c16-12-19-13(17)21-14(20-12)22-8-6-15(10-18,7-9-22)11-4-2-1-3-5-11/h1-5H,6-9H2. The van der Waals surface area contributed by atoms with Gasteiger partial charge >= 0.3 is 0 Å². The van der Waals surface area contributed by atoms with Crippen LogP contribution in [0.4, 0.5) is 5.95 Å². The highest BCUT2D eigenvalue weighted by atomic mass is 35.5. The molecule has 0 N–H and O–H groups in total. The Morgan fingerprint density at radius 2 is 1.59 bits per heavy atom. The Hall–Kier alpha value is -1.90. The van der Waals surface area contributed by atoms with E-state index in [0.717, 1.165) is 5.56 Å². The zero-order chi connectivity index (χ0) is 15.6. The lowest BCUT2D eigenvalue weighted by Crippen LogP contribution is -2.42. The number of anilines is 1. The zero-order valence-electron chi connectivity index (χ0n) is 11.7. The summed E-state index contributed by atoms with van der Waals surface area (Å²) in [6, 6.07) is 12.4. The average molecular weight is 334 g/mol. The summed E-state index contributed by atoms with van der Waals surface area (Å²) in [6.45, 7) is 1.33. The van der Waals surface area contributed by atoms with E-state index in [-0.39, 0.29) is 10.6 Å². The quantitative estimate of drug-likeness (QED) is 0.843. The molecule has 1 fully saturated rings. The number of nitrogens with zero attached hydrogens (tertiary/aromatic N) is 5. The maximum Gasteiger partial charge on any atom is 0.230 e. The van der Waals surface area contributed by atoms with Gasteiger partial charge in [0.15, 0.2) is 0 Å². The Bertz CT molecular complexity index is 685. The van der Waals surface area contributed by atoms with Crippen LogP contribution >= 0.6 is 23.2 Å². The molecule has 0 radical (unpaired) electrons. The van der Waals surface area contributed by atoms with Crippen molar-refractivity contribution < 1.29 is 0 Å². The third kappa shape index (κ3) is 2.85. The van der Waals surface area contributed by atoms with Crippen molar-refractivity contribution in [1.82, 2.24) is 15.0 Å². The van der Waals surface area contributed by atoms with Gasteiger partial charge in [-0.2, -0.15) is 20.2 Å². The molecule has 1 aliphatic heterocycles. The Morgan fingerprint density at radius 1 is 1.00 bits per heavy atom. The van der Waals surface area contributed by atoms with Gasteiger partial charge in [0.25, 0.3) is 0 Å². The zero-order valence-corrected chi connectivity index (χ0v) is 13.2. The van der Waals surface area contributed by atoms with Crippen LogP contribution in [0.2, 0.25) is 10.6 Å². The molecule has 0 amide bonds. The van der Waals surface area contributed by atoms with Gasteiger partial charge in [-0.05, 0) is 41.6 Å². The molecule has 0 saturated carbocycles. The Labute approximate surface area is 138 Å². The highest BCUT2D eigenvalue weighted by Gasteiger charge is 2.37. The molecular formula is C15H13Cl2N5. The first-order chi connectivity index (χ1) is 10.6. The number of hydrogen-bond acceptors (Lipinski definition) is 5. The lowest BCUT2D eigenvalue weighted by atomic mass is 9.74. The fourth-order valence-electron chi connectivity index (χ4n) is 2.77. The fraction of sp³-hybridized carbons (Fsp3) is 0.333. The van der Waals surface area contributed by atoms with Crippen molar-refractivity contribution in [3.8, 4) is 6.07 Å². The Morgan fingerprint density at radius 3 is 2.14 bits per heavy atom. The van der Waals surface area contributed by atoms with Crippen LogP contribution in [0, 0.1) is 11.3 Å². The first kappa shape index (κ1) is 15.0. The lowest BCUT2D eigenvalue weighted by molar-refractivity contribution is 0.412. The highest BCUT2D eigenvalue weighted by molar-refractivity contribution is 6.31. The molecule has 2 aromatic rings. The average Bonchev–Trinajstić information content (AvgIpc) is 2.55. The summed E-state index contributed by atoms with van der Waals surface area (Å²) in [5, 5.41) is 9.85. The summed E-state index contributed by atoms with van der Waals surface area (Å²) < 4.78 is 0. The van der Waals surface area contributed by atoms with Crippen molar-refractivity contribution in [2.24, 2.45) is 0 Å². The normalized spacial score (nSPS) is 17.0. The number of piperidine rings is 1. The van der Waals surface area contributed by atoms with E-state index in [1.807, 2.05) is 35.2 Å². The Kier molecular flexibility index (Phi) is 4.14. The van der Waals surface area contributed by atoms with Gasteiger partial charge in [-0.3, -0.25) is 0 Å². The van der Waals surface area contributed by atoms with Gasteiger partial charge in [-0.1, -0.05) is 30.3 Å². The van der Waals surface area contributed by atoms with Crippen LogP contribution in [0.3, 0.4) is 0 Å². The molecule has 1 aliphatic rings. The Balaban J connectivity index is 1.81. The number of halogens is 2. The molecule has 2 heterocycles. The van der Waals surface area contributed by atoms with Crippen LogP contribution in [0.15, 0.2) is 30.3 Å². The van der Waals surface area contributed by atoms with Crippen molar-refractivity contribution in [2.45, 2.75) is 18.3 Å². The minimum atomic E-state index is -0.460. The van der Waals surface area contributed by atoms with Gasteiger partial charge in [0, 0.05) is 13.1 Å². The molecular weight excluding hydrogens is 321 g/mol. The van der Waals surface area contributed by atoms with E-state index in [0.29, 0.717) is 31.9 Å². The van der Waals surface area contributed by atoms with Gasteiger partial charge in [-0.15, -0.1) is 0 Å². The molecule has 0 aliphatic carbocycles. The SMILES string of the molecule is N#CC1(c2ccccc2)CCN(c2nc(Cl)nc(Cl)n2)CC1. The largest absolute Gasteiger partial charge is 0.341 e. The van der Waals surface area contributed by atoms with E-state index in [9.17, 15) is 5.26 Å². The second-order valence-corrected chi connectivity index (χ2v) is 5.90. The summed E-state index contributed by atoms with van der Waals surface area (Å²) in [5.41, 5.74) is 0.599. The predicted molar refractivity (Wildman–Crippen MR) is 85.0 cm³/mol. The molecule has 0 atom stereocenters. The van der Waals surface area contributed by atoms with Crippen LogP contribution in [0.5, 0.6) is 0 Å². The second-order valence-electron chi connectivity index (χ2n) is 5.22. The highest BCUT2D eigenvalue weighted by Crippen LogP contribution is 2.35. The number of aromatic nitrogens is 3. The van der Waals surface area contributed by atoms with Crippen molar-refractivity contribution in [3.05, 3.63) is 46.5 Å². The van der Waals surface area contributed by atoms with Crippen LogP contribution in [-0.4, -0.2) is 28.0 Å². The maximum atomic E-state index is 9.69. The number of nitriles is 1. The van der Waals surface area contributed by atoms with Crippen LogP contribution in [-0.2, 0) is 5.41 Å². The molecule has 5 nitrogen and oxygen atoms in total. The van der Waals surface area contributed by atoms with Gasteiger partial charge < -0.3 is 4.90 Å². The smallest absolute Gasteiger partial charge is 0.230 e. The van der Waals surface area contributed by atoms with Crippen LogP contribution in [0.25, 0.3) is 0 Å². The van der Waals surface area contributed by atoms with E-state index >= 15 is 0 Å². The molecule has 1 aromatic heterocycles. The first-order valence-electron chi connectivity index (χ1n) is 6.92. The fourth-order valence-corrected chi connectivity index (χ4v) is 3.12. The molecule has 1 saturated heterocycles. The third-order valence-corrected chi connectivity index (χ3v) is 4.35. The molecule has 22 heavy (non-hydrogen) atoms. The number of rotatable bonds is 2. The van der Waals surface area contributed by atoms with Crippen LogP contribution < -0.4 is 4.90 Å². The maximum absolute atomic E-state index is 9.69. The van der Waals surface area contributed by atoms with E-state index < -0.39 is 5.41 Å². The number of benzene rings is 1. The monoisotopic (exact) mass is 333 g/mol. The van der Waals surface area contributed by atoms with Crippen molar-refractivity contribution in [2.75, 3.05) is 18.0 Å². The molecule has 3 rings (SSSR count). The summed E-state index contributed by atoms with van der Waals surface area (Å²) >= 11 is 11.6. The van der Waals surface area contributed by atoms with Gasteiger partial charge in [0.1, 0.15) is 0 Å². The van der Waals surface area contributed by atoms with Gasteiger partial charge in [0.05, 0.1) is 11.5 Å².